The lowest BCUT2D eigenvalue weighted by Crippen LogP contribution is -2.48. The Kier molecular flexibility index (Phi) is 3.69. The first kappa shape index (κ1) is 13.1. The molecule has 0 aromatic heterocycles. The number of benzene rings is 1. The van der Waals surface area contributed by atoms with E-state index in [0.29, 0.717) is 51.3 Å². The third-order valence-corrected chi connectivity index (χ3v) is 3.79. The van der Waals surface area contributed by atoms with E-state index >= 15 is 0 Å². The lowest BCUT2D eigenvalue weighted by atomic mass is 10.1. The summed E-state index contributed by atoms with van der Waals surface area (Å²) < 4.78 is 5.28. The number of anilines is 1. The second-order valence-corrected chi connectivity index (χ2v) is 5.08. The van der Waals surface area contributed by atoms with Crippen LogP contribution in [0, 0.1) is 0 Å². The van der Waals surface area contributed by atoms with Gasteiger partial charge in [-0.25, -0.2) is 4.79 Å². The van der Waals surface area contributed by atoms with Crippen LogP contribution in [0.25, 0.3) is 0 Å². The monoisotopic (exact) mass is 274 g/mol. The minimum absolute atomic E-state index is 0.0181. The molecule has 2 aliphatic rings. The first-order chi connectivity index (χ1) is 9.77. The number of carbonyl (C=O) groups excluding carboxylic acids is 2. The van der Waals surface area contributed by atoms with Crippen LogP contribution in [0.5, 0.6) is 0 Å². The van der Waals surface area contributed by atoms with Crippen LogP contribution in [0.3, 0.4) is 0 Å². The van der Waals surface area contributed by atoms with E-state index in [1.807, 2.05) is 24.3 Å². The zero-order chi connectivity index (χ0) is 13.9. The molecule has 0 bridgehead atoms. The summed E-state index contributed by atoms with van der Waals surface area (Å²) in [6.45, 7) is 3.00. The Morgan fingerprint density at radius 2 is 1.85 bits per heavy atom. The molecule has 5 heteroatoms. The summed E-state index contributed by atoms with van der Waals surface area (Å²) in [5.41, 5.74) is 1.40. The van der Waals surface area contributed by atoms with Crippen LogP contribution in [0.4, 0.5) is 10.5 Å². The molecule has 20 heavy (non-hydrogen) atoms. The number of nitrogens with zero attached hydrogens (tertiary/aromatic N) is 2. The van der Waals surface area contributed by atoms with Gasteiger partial charge in [0.2, 0.25) is 0 Å². The lowest BCUT2D eigenvalue weighted by molar-refractivity contribution is 0.0548. The zero-order valence-corrected chi connectivity index (χ0v) is 11.4. The normalized spacial score (nSPS) is 19.5. The predicted molar refractivity (Wildman–Crippen MR) is 75.1 cm³/mol. The molecule has 2 aliphatic heterocycles. The second kappa shape index (κ2) is 5.63. The maximum atomic E-state index is 12.7. The molecule has 0 unspecified atom stereocenters. The van der Waals surface area contributed by atoms with Crippen molar-refractivity contribution in [1.82, 2.24) is 4.90 Å². The van der Waals surface area contributed by atoms with Gasteiger partial charge in [-0.15, -0.1) is 0 Å². The fourth-order valence-corrected chi connectivity index (χ4v) is 2.72. The molecule has 0 atom stereocenters. The average Bonchev–Trinajstić information content (AvgIpc) is 2.67. The number of ether oxygens (including phenoxy) is 1. The summed E-state index contributed by atoms with van der Waals surface area (Å²) in [5, 5.41) is 0. The molecule has 1 aromatic carbocycles. The Balaban J connectivity index is 1.90. The fraction of sp³-hybridized carbons (Fsp3) is 0.467. The Hall–Kier alpha value is -1.88. The molecule has 5 nitrogen and oxygen atoms in total. The van der Waals surface area contributed by atoms with E-state index in [1.165, 1.54) is 0 Å². The van der Waals surface area contributed by atoms with Crippen molar-refractivity contribution in [2.24, 2.45) is 0 Å². The van der Waals surface area contributed by atoms with Crippen LogP contribution in [0.2, 0.25) is 0 Å². The number of fused-ring (bicyclic) bond motifs is 1. The molecule has 2 heterocycles. The van der Waals surface area contributed by atoms with Crippen LogP contribution in [-0.2, 0) is 4.74 Å². The maximum Gasteiger partial charge on any atom is 0.324 e. The van der Waals surface area contributed by atoms with Crippen molar-refractivity contribution in [3.05, 3.63) is 29.8 Å². The van der Waals surface area contributed by atoms with Crippen molar-refractivity contribution < 1.29 is 14.3 Å². The van der Waals surface area contributed by atoms with Crippen molar-refractivity contribution in [2.45, 2.75) is 12.8 Å². The topological polar surface area (TPSA) is 49.9 Å². The molecule has 0 aliphatic carbocycles. The highest BCUT2D eigenvalue weighted by molar-refractivity contribution is 6.06. The Morgan fingerprint density at radius 3 is 2.65 bits per heavy atom. The largest absolute Gasteiger partial charge is 0.378 e. The first-order valence-electron chi connectivity index (χ1n) is 7.04. The molecule has 106 valence electrons. The molecule has 0 spiro atoms. The number of carbonyl (C=O) groups is 2. The minimum Gasteiger partial charge on any atom is -0.378 e. The van der Waals surface area contributed by atoms with Gasteiger partial charge in [0.15, 0.2) is 5.78 Å². The van der Waals surface area contributed by atoms with Gasteiger partial charge in [0.1, 0.15) is 0 Å². The van der Waals surface area contributed by atoms with Crippen molar-refractivity contribution in [3.63, 3.8) is 0 Å². The summed E-state index contributed by atoms with van der Waals surface area (Å²) >= 11 is 0. The quantitative estimate of drug-likeness (QED) is 0.726. The number of ketones is 1. The smallest absolute Gasteiger partial charge is 0.324 e. The molecule has 0 radical (unpaired) electrons. The van der Waals surface area contributed by atoms with Gasteiger partial charge in [-0.1, -0.05) is 12.1 Å². The SMILES string of the molecule is O=C1CCCN(C(=O)N2CCOCC2)c2ccccc21. The van der Waals surface area contributed by atoms with Gasteiger partial charge >= 0.3 is 6.03 Å². The Labute approximate surface area is 118 Å². The number of Topliss-reactive ketones (excluding diaryl/α,β-unsaturated/α-hetero) is 1. The summed E-state index contributed by atoms with van der Waals surface area (Å²) in [4.78, 5) is 28.3. The number of morpholine rings is 1. The van der Waals surface area contributed by atoms with Gasteiger partial charge in [0, 0.05) is 31.6 Å². The van der Waals surface area contributed by atoms with Crippen molar-refractivity contribution in [2.75, 3.05) is 37.7 Å². The van der Waals surface area contributed by atoms with Crippen LogP contribution in [0.1, 0.15) is 23.2 Å². The van der Waals surface area contributed by atoms with E-state index in [1.54, 1.807) is 9.80 Å². The number of urea groups is 1. The third-order valence-electron chi connectivity index (χ3n) is 3.79. The van der Waals surface area contributed by atoms with Crippen molar-refractivity contribution in [3.8, 4) is 0 Å². The van der Waals surface area contributed by atoms with Gasteiger partial charge in [0.25, 0.3) is 0 Å². The van der Waals surface area contributed by atoms with Crippen molar-refractivity contribution in [1.29, 1.82) is 0 Å². The number of hydrogen-bond donors (Lipinski definition) is 0. The van der Waals surface area contributed by atoms with Crippen LogP contribution in [0.15, 0.2) is 24.3 Å². The fourth-order valence-electron chi connectivity index (χ4n) is 2.72. The van der Waals surface area contributed by atoms with Crippen LogP contribution >= 0.6 is 0 Å². The van der Waals surface area contributed by atoms with Crippen LogP contribution in [-0.4, -0.2) is 49.6 Å². The summed E-state index contributed by atoms with van der Waals surface area (Å²) in [5.74, 6) is 0.123. The highest BCUT2D eigenvalue weighted by atomic mass is 16.5. The summed E-state index contributed by atoms with van der Waals surface area (Å²) in [6.07, 6.45) is 1.22. The van der Waals surface area contributed by atoms with Gasteiger partial charge in [-0.3, -0.25) is 9.69 Å². The van der Waals surface area contributed by atoms with E-state index in [2.05, 4.69) is 0 Å². The molecule has 0 saturated carbocycles. The number of rotatable bonds is 0. The van der Waals surface area contributed by atoms with E-state index in [4.69, 9.17) is 4.74 Å². The molecule has 1 fully saturated rings. The molecule has 1 aromatic rings. The zero-order valence-electron chi connectivity index (χ0n) is 11.4. The Morgan fingerprint density at radius 1 is 1.10 bits per heavy atom. The summed E-state index contributed by atoms with van der Waals surface area (Å²) in [6, 6.07) is 7.37. The lowest BCUT2D eigenvalue weighted by Gasteiger charge is -2.32. The molecular formula is C15H18N2O3. The number of amides is 2. The van der Waals surface area contributed by atoms with Gasteiger partial charge in [-0.05, 0) is 18.6 Å². The molecule has 0 N–H and O–H groups in total. The third kappa shape index (κ3) is 2.41. The first-order valence-corrected chi connectivity index (χ1v) is 7.04. The van der Waals surface area contributed by atoms with Gasteiger partial charge in [-0.2, -0.15) is 0 Å². The van der Waals surface area contributed by atoms with Crippen LogP contribution < -0.4 is 4.90 Å². The minimum atomic E-state index is -0.0181. The molecule has 3 rings (SSSR count). The Bertz CT molecular complexity index is 524. The standard InChI is InChI=1S/C15H18N2O3/c18-14-6-3-7-17(13-5-2-1-4-12(13)14)15(19)16-8-10-20-11-9-16/h1-2,4-5H,3,6-11H2. The maximum absolute atomic E-state index is 12.7. The van der Waals surface area contributed by atoms with E-state index in [0.717, 1.165) is 5.69 Å². The highest BCUT2D eigenvalue weighted by Gasteiger charge is 2.28. The molecule has 2 amide bonds. The second-order valence-electron chi connectivity index (χ2n) is 5.08. The van der Waals surface area contributed by atoms with Gasteiger partial charge < -0.3 is 9.64 Å². The van der Waals surface area contributed by atoms with E-state index in [-0.39, 0.29) is 11.8 Å². The molecule has 1 saturated heterocycles. The van der Waals surface area contributed by atoms with Crippen molar-refractivity contribution >= 4 is 17.5 Å². The molecular weight excluding hydrogens is 256 g/mol. The number of hydrogen-bond acceptors (Lipinski definition) is 3. The highest BCUT2D eigenvalue weighted by Crippen LogP contribution is 2.27. The van der Waals surface area contributed by atoms with E-state index in [9.17, 15) is 9.59 Å². The number of para-hydroxylation sites is 1. The average molecular weight is 274 g/mol. The van der Waals surface area contributed by atoms with Gasteiger partial charge in [0.05, 0.1) is 18.9 Å². The predicted octanol–water partition coefficient (Wildman–Crippen LogP) is 1.92. The van der Waals surface area contributed by atoms with E-state index < -0.39 is 0 Å². The summed E-state index contributed by atoms with van der Waals surface area (Å²) in [7, 11) is 0.